The third-order valence-electron chi connectivity index (χ3n) is 21.5. The number of hydrogen-bond donors (Lipinski definition) is 0. The van der Waals surface area contributed by atoms with Crippen molar-refractivity contribution >= 4 is 40.6 Å². The number of benzene rings is 4. The summed E-state index contributed by atoms with van der Waals surface area (Å²) in [6.07, 6.45) is 18.2. The fourth-order valence-electron chi connectivity index (χ4n) is 17.6. The second-order valence-electron chi connectivity index (χ2n) is 26.8. The monoisotopic (exact) mass is 1140 g/mol. The number of thioether (sulfide) groups is 2. The van der Waals surface area contributed by atoms with Crippen LogP contribution in [-0.2, 0) is 30.0 Å². The van der Waals surface area contributed by atoms with Crippen LogP contribution in [0.5, 0.6) is 23.0 Å². The highest BCUT2D eigenvalue weighted by Gasteiger charge is 2.69. The summed E-state index contributed by atoms with van der Waals surface area (Å²) < 4.78 is 27.4. The third kappa shape index (κ3) is 14.0. The van der Waals surface area contributed by atoms with E-state index in [-0.39, 0.29) is 22.8 Å². The Kier molecular flexibility index (Phi) is 20.3. The molecule has 16 atom stereocenters. The van der Waals surface area contributed by atoms with Gasteiger partial charge in [-0.25, -0.2) is 0 Å². The highest BCUT2D eigenvalue weighted by molar-refractivity contribution is 8.14. The van der Waals surface area contributed by atoms with Crippen molar-refractivity contribution < 1.29 is 38.1 Å². The molecule has 11 rings (SSSR count). The summed E-state index contributed by atoms with van der Waals surface area (Å²) in [6, 6.07) is 33.3. The largest absolute Gasteiger partial charge is 0.497 e. The zero-order chi connectivity index (χ0) is 57.8. The highest BCUT2D eigenvalue weighted by atomic mass is 32.2. The molecule has 0 heterocycles. The average molecular weight is 1140 g/mol. The van der Waals surface area contributed by atoms with Gasteiger partial charge in [0.15, 0.2) is 5.12 Å². The van der Waals surface area contributed by atoms with Crippen molar-refractivity contribution in [2.24, 2.45) is 71.0 Å². The van der Waals surface area contributed by atoms with Crippen molar-refractivity contribution in [3.63, 3.8) is 0 Å². The minimum atomic E-state index is -0.282. The van der Waals surface area contributed by atoms with Crippen LogP contribution in [0.2, 0.25) is 0 Å². The van der Waals surface area contributed by atoms with Crippen LogP contribution in [0.3, 0.4) is 0 Å². The number of rotatable bonds is 16. The van der Waals surface area contributed by atoms with Crippen molar-refractivity contribution in [3.8, 4) is 23.0 Å². The Morgan fingerprint density at radius 3 is 1.75 bits per heavy atom. The molecule has 0 N–H and O–H groups in total. The van der Waals surface area contributed by atoms with E-state index in [1.165, 1.54) is 112 Å². The first kappa shape index (κ1) is 61.3. The van der Waals surface area contributed by atoms with Gasteiger partial charge >= 0.3 is 11.9 Å². The standard InChI is InChI=1S/2C25H32O3.C21H32O2S2/c1-17(2)23-14-15-25(4,20-8-12-22(13-9-20)28-18(3)26)16-24(23)19-6-10-21(27-5)11-7-19;1-17-6-9-21(25(3,4)20-10-14-22(27-5)15-11-20)16-24(17)19-7-12-23(13-8-19)28-18(2)26;1-11(22)25-13-8-14-15(9-13)17-10-16(14)20-12-6-18(21(17)20)19(7-12)23-4-3-5-24-2/h6-13,17,23-24H,14-16H2,1-5H3;7-8,10-15,17,21,24H,6,9,16H2,1-5H3;12-21H,3-10H2,1-2H3. The molecular weight excluding hydrogens is 1040 g/mol. The van der Waals surface area contributed by atoms with Crippen molar-refractivity contribution in [1.29, 1.82) is 0 Å². The summed E-state index contributed by atoms with van der Waals surface area (Å²) in [5.41, 5.74) is 5.68. The highest BCUT2D eigenvalue weighted by Crippen LogP contribution is 2.73. The molecule has 4 bridgehead atoms. The fourth-order valence-corrected chi connectivity index (χ4v) is 19.1. The van der Waals surface area contributed by atoms with Gasteiger partial charge in [0.05, 0.1) is 20.3 Å². The van der Waals surface area contributed by atoms with Crippen LogP contribution >= 0.6 is 23.5 Å². The van der Waals surface area contributed by atoms with Gasteiger partial charge in [-0.1, -0.05) is 102 Å². The maximum Gasteiger partial charge on any atom is 0.308 e. The molecule has 16 unspecified atom stereocenters. The van der Waals surface area contributed by atoms with E-state index in [0.717, 1.165) is 71.9 Å². The number of ether oxygens (including phenoxy) is 5. The number of methoxy groups -OCH3 is 2. The first-order valence-corrected chi connectivity index (χ1v) is 33.2. The molecule has 4 aromatic carbocycles. The second kappa shape index (κ2) is 26.8. The van der Waals surface area contributed by atoms with E-state index in [9.17, 15) is 14.4 Å². The summed E-state index contributed by atoms with van der Waals surface area (Å²) in [4.78, 5) is 33.9. The zero-order valence-corrected chi connectivity index (χ0v) is 52.6. The van der Waals surface area contributed by atoms with Gasteiger partial charge in [-0.05, 0) is 254 Å². The zero-order valence-electron chi connectivity index (χ0n) is 51.0. The molecule has 8 nitrogen and oxygen atoms in total. The first-order valence-electron chi connectivity index (χ1n) is 30.9. The molecule has 0 aliphatic heterocycles. The van der Waals surface area contributed by atoms with E-state index < -0.39 is 0 Å². The molecule has 0 saturated heterocycles. The molecule has 7 saturated carbocycles. The molecule has 0 aromatic heterocycles. The number of carbonyl (C=O) groups is 3. The van der Waals surface area contributed by atoms with Gasteiger partial charge < -0.3 is 23.7 Å². The molecule has 81 heavy (non-hydrogen) atoms. The Labute approximate surface area is 495 Å². The molecule has 0 spiro atoms. The van der Waals surface area contributed by atoms with E-state index in [1.54, 1.807) is 32.9 Å². The summed E-state index contributed by atoms with van der Waals surface area (Å²) in [5, 5.41) is 0.962. The van der Waals surface area contributed by atoms with Gasteiger partial charge in [0.1, 0.15) is 23.0 Å². The van der Waals surface area contributed by atoms with Crippen molar-refractivity contribution in [3.05, 3.63) is 119 Å². The van der Waals surface area contributed by atoms with E-state index in [2.05, 4.69) is 121 Å². The van der Waals surface area contributed by atoms with Gasteiger partial charge in [-0.3, -0.25) is 14.4 Å². The van der Waals surface area contributed by atoms with Crippen LogP contribution in [0.4, 0.5) is 0 Å². The van der Waals surface area contributed by atoms with Crippen molar-refractivity contribution in [1.82, 2.24) is 0 Å². The maximum atomic E-state index is 11.5. The molecule has 440 valence electrons. The normalized spacial score (nSPS) is 32.4. The van der Waals surface area contributed by atoms with E-state index in [1.807, 2.05) is 36.0 Å². The lowest BCUT2D eigenvalue weighted by Crippen LogP contribution is -2.41. The van der Waals surface area contributed by atoms with Crippen LogP contribution in [0.1, 0.15) is 173 Å². The summed E-state index contributed by atoms with van der Waals surface area (Å²) in [6.45, 7) is 19.8. The van der Waals surface area contributed by atoms with Crippen LogP contribution in [0.15, 0.2) is 97.1 Å². The van der Waals surface area contributed by atoms with Crippen molar-refractivity contribution in [2.75, 3.05) is 32.8 Å². The minimum Gasteiger partial charge on any atom is -0.497 e. The quantitative estimate of drug-likeness (QED) is 0.0467. The number of carbonyl (C=O) groups excluding carboxylic acids is 3. The fraction of sp³-hybridized carbons (Fsp3) is 0.620. The molecule has 7 aliphatic carbocycles. The Morgan fingerprint density at radius 2 is 1.20 bits per heavy atom. The lowest BCUT2D eigenvalue weighted by Gasteiger charge is -2.45. The molecular formula is C71H96O8S2. The maximum absolute atomic E-state index is 11.5. The van der Waals surface area contributed by atoms with Crippen LogP contribution in [0, 0.1) is 71.0 Å². The second-order valence-corrected chi connectivity index (χ2v) is 29.3. The summed E-state index contributed by atoms with van der Waals surface area (Å²) >= 11 is 3.58. The molecule has 7 aliphatic rings. The average Bonchev–Trinajstić information content (AvgIpc) is 4.45. The number of esters is 2. The van der Waals surface area contributed by atoms with Gasteiger partial charge in [0.25, 0.3) is 0 Å². The molecule has 0 radical (unpaired) electrons. The molecule has 0 amide bonds. The van der Waals surface area contributed by atoms with Crippen LogP contribution in [-0.4, -0.2) is 61.2 Å². The minimum absolute atomic E-state index is 0.113. The van der Waals surface area contributed by atoms with Crippen LogP contribution < -0.4 is 18.9 Å². The molecule has 10 heteroatoms. The summed E-state index contributed by atoms with van der Waals surface area (Å²) in [7, 11) is 3.42. The van der Waals surface area contributed by atoms with Gasteiger partial charge in [-0.2, -0.15) is 11.8 Å². The van der Waals surface area contributed by atoms with Gasteiger partial charge in [0.2, 0.25) is 0 Å². The Hall–Kier alpha value is -4.25. The van der Waals surface area contributed by atoms with Gasteiger partial charge in [0, 0.05) is 32.6 Å². The predicted molar refractivity (Wildman–Crippen MR) is 332 cm³/mol. The Balaban J connectivity index is 0.000000147. The lowest BCUT2D eigenvalue weighted by molar-refractivity contribution is -0.132. The number of hydrogen-bond acceptors (Lipinski definition) is 10. The third-order valence-corrected chi connectivity index (χ3v) is 23.3. The smallest absolute Gasteiger partial charge is 0.308 e. The Morgan fingerprint density at radius 1 is 0.642 bits per heavy atom. The number of fused-ring (bicyclic) bond motifs is 12. The summed E-state index contributed by atoms with van der Waals surface area (Å²) in [5.74, 6) is 15.1. The Bertz CT molecular complexity index is 2700. The van der Waals surface area contributed by atoms with E-state index >= 15 is 0 Å². The van der Waals surface area contributed by atoms with Crippen LogP contribution in [0.25, 0.3) is 0 Å². The first-order chi connectivity index (χ1) is 38.8. The predicted octanol–water partition coefficient (Wildman–Crippen LogP) is 17.0. The van der Waals surface area contributed by atoms with E-state index in [4.69, 9.17) is 23.7 Å². The van der Waals surface area contributed by atoms with Crippen molar-refractivity contribution in [2.45, 2.75) is 173 Å². The van der Waals surface area contributed by atoms with E-state index in [0.29, 0.717) is 63.5 Å². The topological polar surface area (TPSA) is 97.4 Å². The lowest BCUT2D eigenvalue weighted by atomic mass is 9.59. The van der Waals surface area contributed by atoms with Gasteiger partial charge in [-0.15, -0.1) is 0 Å². The molecule has 7 fully saturated rings. The molecule has 4 aromatic rings. The SMILES string of the molecule is COc1ccc(C(C)(C)C2CCC(C)C(c3ccc(OC(C)=O)cc3)C2)cc1.COc1ccc(C2CC(C)(c3ccc(OC(C)=O)cc3)CCC2C(C)C)cc1.CSCCCOC1CC2CC1C1C3CC(C4CC(SC(C)=O)CC43)C21.